The van der Waals surface area contributed by atoms with Crippen LogP contribution >= 0.6 is 0 Å². The first-order chi connectivity index (χ1) is 13.7. The summed E-state index contributed by atoms with van der Waals surface area (Å²) in [5.41, 5.74) is 2.70. The van der Waals surface area contributed by atoms with Gasteiger partial charge in [0.25, 0.3) is 5.91 Å². The third kappa shape index (κ3) is 3.78. The van der Waals surface area contributed by atoms with Crippen LogP contribution in [0.15, 0.2) is 91.8 Å². The fourth-order valence-corrected chi connectivity index (χ4v) is 3.06. The number of nitrogens with zero attached hydrogens (tertiary/aromatic N) is 2. The summed E-state index contributed by atoms with van der Waals surface area (Å²) < 4.78 is 9.57. The van der Waals surface area contributed by atoms with Gasteiger partial charge in [0.05, 0.1) is 6.20 Å². The number of para-hydroxylation sites is 3. The van der Waals surface area contributed by atoms with Gasteiger partial charge in [0.1, 0.15) is 11.5 Å². The molecule has 5 nitrogen and oxygen atoms in total. The largest absolute Gasteiger partial charge is 0.457 e. The van der Waals surface area contributed by atoms with Crippen molar-refractivity contribution in [2.45, 2.75) is 6.54 Å². The van der Waals surface area contributed by atoms with E-state index < -0.39 is 0 Å². The number of amides is 1. The molecule has 4 aromatic rings. The van der Waals surface area contributed by atoms with Crippen molar-refractivity contribution in [3.05, 3.63) is 91.8 Å². The van der Waals surface area contributed by atoms with Gasteiger partial charge in [-0.3, -0.25) is 4.79 Å². The molecule has 4 rings (SSSR count). The van der Waals surface area contributed by atoms with Gasteiger partial charge >= 0.3 is 0 Å². The number of hydrogen-bond acceptors (Lipinski definition) is 2. The molecular weight excluding hydrogens is 350 g/mol. The Kier molecular flexibility index (Phi) is 4.89. The molecule has 0 fully saturated rings. The summed E-state index contributed by atoms with van der Waals surface area (Å²) in [7, 11) is 0. The van der Waals surface area contributed by atoms with E-state index in [1.165, 1.54) is 0 Å². The van der Waals surface area contributed by atoms with E-state index in [1.807, 2.05) is 94.3 Å². The lowest BCUT2D eigenvalue weighted by molar-refractivity contribution is -0.658. The second-order valence-corrected chi connectivity index (χ2v) is 6.31. The zero-order valence-electron chi connectivity index (χ0n) is 15.3. The monoisotopic (exact) mass is 370 g/mol. The third-order valence-electron chi connectivity index (χ3n) is 4.36. The number of aromatic nitrogens is 2. The fraction of sp³-hybridized carbons (Fsp3) is 0.0435. The molecule has 138 valence electrons. The molecule has 0 radical (unpaired) electrons. The number of hydrogen-bond donors (Lipinski definition) is 1. The number of carbonyl (C=O) groups is 1. The highest BCUT2D eigenvalue weighted by Gasteiger charge is 2.16. The summed E-state index contributed by atoms with van der Waals surface area (Å²) in [5, 5.41) is 2.92. The first-order valence-corrected chi connectivity index (χ1v) is 8.97. The smallest absolute Gasteiger partial charge is 0.266 e. The normalized spacial score (nSPS) is 10.6. The molecule has 0 aliphatic carbocycles. The highest BCUT2D eigenvalue weighted by Crippen LogP contribution is 2.22. The number of rotatable bonds is 6. The molecule has 1 N–H and O–H groups in total. The van der Waals surface area contributed by atoms with Crippen LogP contribution in [0.4, 0.5) is 5.69 Å². The van der Waals surface area contributed by atoms with E-state index in [-0.39, 0.29) is 12.5 Å². The number of fused-ring (bicyclic) bond motifs is 1. The van der Waals surface area contributed by atoms with Crippen molar-refractivity contribution in [2.75, 3.05) is 5.32 Å². The molecule has 0 spiro atoms. The van der Waals surface area contributed by atoms with Gasteiger partial charge in [0.2, 0.25) is 6.33 Å². The molecule has 0 aliphatic heterocycles. The van der Waals surface area contributed by atoms with Gasteiger partial charge in [-0.05, 0) is 48.5 Å². The average Bonchev–Trinajstić information content (AvgIpc) is 3.08. The van der Waals surface area contributed by atoms with Crippen molar-refractivity contribution < 1.29 is 14.1 Å². The van der Waals surface area contributed by atoms with Gasteiger partial charge in [0, 0.05) is 5.69 Å². The minimum absolute atomic E-state index is 0.103. The average molecular weight is 370 g/mol. The minimum atomic E-state index is -0.103. The van der Waals surface area contributed by atoms with Crippen LogP contribution in [0.5, 0.6) is 11.5 Å². The highest BCUT2D eigenvalue weighted by atomic mass is 16.5. The van der Waals surface area contributed by atoms with E-state index in [9.17, 15) is 4.79 Å². The van der Waals surface area contributed by atoms with E-state index in [1.54, 1.807) is 6.20 Å². The standard InChI is InChI=1S/C23H19N3O2/c1-2-25-17-26(22-11-7-6-10-21(22)25)16-23(27)24-18-12-14-20(15-13-18)28-19-8-4-3-5-9-19/h2-15,17H,1,16H2/p+1. The quantitative estimate of drug-likeness (QED) is 0.510. The Morgan fingerprint density at radius 2 is 1.64 bits per heavy atom. The molecule has 0 saturated heterocycles. The third-order valence-corrected chi connectivity index (χ3v) is 4.36. The van der Waals surface area contributed by atoms with Crippen LogP contribution in [0.3, 0.4) is 0 Å². The lowest BCUT2D eigenvalue weighted by Crippen LogP contribution is -2.39. The Hall–Kier alpha value is -3.86. The Labute approximate surface area is 163 Å². The van der Waals surface area contributed by atoms with E-state index in [2.05, 4.69) is 11.9 Å². The second kappa shape index (κ2) is 7.80. The first-order valence-electron chi connectivity index (χ1n) is 8.97. The highest BCUT2D eigenvalue weighted by molar-refractivity contribution is 5.90. The molecule has 1 amide bonds. The maximum Gasteiger partial charge on any atom is 0.266 e. The van der Waals surface area contributed by atoms with Gasteiger partial charge in [0.15, 0.2) is 17.6 Å². The second-order valence-electron chi connectivity index (χ2n) is 6.31. The van der Waals surface area contributed by atoms with Gasteiger partial charge in [-0.2, -0.15) is 0 Å². The minimum Gasteiger partial charge on any atom is -0.457 e. The zero-order chi connectivity index (χ0) is 19.3. The number of carbonyl (C=O) groups excluding carboxylic acids is 1. The van der Waals surface area contributed by atoms with Crippen LogP contribution in [-0.4, -0.2) is 10.5 Å². The van der Waals surface area contributed by atoms with Crippen LogP contribution in [0.2, 0.25) is 0 Å². The van der Waals surface area contributed by atoms with E-state index in [4.69, 9.17) is 4.74 Å². The summed E-state index contributed by atoms with van der Waals surface area (Å²) in [5.74, 6) is 1.38. The maximum atomic E-state index is 12.5. The Morgan fingerprint density at radius 3 is 2.39 bits per heavy atom. The molecule has 3 aromatic carbocycles. The molecule has 0 aliphatic rings. The molecule has 5 heteroatoms. The van der Waals surface area contributed by atoms with Gasteiger partial charge in [-0.25, -0.2) is 9.13 Å². The SMILES string of the molecule is C=Cn1c[n+](CC(=O)Nc2ccc(Oc3ccccc3)cc2)c2ccccc21. The predicted octanol–water partition coefficient (Wildman–Crippen LogP) is 4.46. The molecule has 0 saturated carbocycles. The van der Waals surface area contributed by atoms with Crippen molar-refractivity contribution in [1.82, 2.24) is 4.57 Å². The zero-order valence-corrected chi connectivity index (χ0v) is 15.3. The summed E-state index contributed by atoms with van der Waals surface area (Å²) in [6, 6.07) is 24.8. The van der Waals surface area contributed by atoms with E-state index in [0.29, 0.717) is 5.75 Å². The summed E-state index contributed by atoms with van der Waals surface area (Å²) in [6.45, 7) is 4.03. The van der Waals surface area contributed by atoms with Crippen LogP contribution < -0.4 is 14.6 Å². The Morgan fingerprint density at radius 1 is 0.964 bits per heavy atom. The topological polar surface area (TPSA) is 47.1 Å². The summed E-state index contributed by atoms with van der Waals surface area (Å²) >= 11 is 0. The molecule has 28 heavy (non-hydrogen) atoms. The lowest BCUT2D eigenvalue weighted by Gasteiger charge is -2.07. The van der Waals surface area contributed by atoms with Crippen LogP contribution in [0.1, 0.15) is 0 Å². The summed E-state index contributed by atoms with van der Waals surface area (Å²) in [6.07, 6.45) is 3.59. The Bertz CT molecular complexity index is 1120. The molecule has 0 bridgehead atoms. The number of benzene rings is 3. The number of nitrogens with one attached hydrogen (secondary N) is 1. The molecule has 1 heterocycles. The number of ether oxygens (including phenoxy) is 1. The lowest BCUT2D eigenvalue weighted by atomic mass is 10.3. The van der Waals surface area contributed by atoms with Crippen LogP contribution in [0.25, 0.3) is 17.2 Å². The molecule has 0 unspecified atom stereocenters. The van der Waals surface area contributed by atoms with Crippen molar-refractivity contribution in [2.24, 2.45) is 0 Å². The fourth-order valence-electron chi connectivity index (χ4n) is 3.06. The predicted molar refractivity (Wildman–Crippen MR) is 110 cm³/mol. The van der Waals surface area contributed by atoms with Crippen molar-refractivity contribution in [3.8, 4) is 11.5 Å². The van der Waals surface area contributed by atoms with E-state index in [0.717, 1.165) is 22.5 Å². The van der Waals surface area contributed by atoms with Crippen LogP contribution in [-0.2, 0) is 11.3 Å². The first kappa shape index (κ1) is 17.5. The molecular formula is C23H20N3O2+. The van der Waals surface area contributed by atoms with Crippen LogP contribution in [0, 0.1) is 0 Å². The summed E-state index contributed by atoms with van der Waals surface area (Å²) in [4.78, 5) is 12.5. The van der Waals surface area contributed by atoms with Crippen molar-refractivity contribution in [1.29, 1.82) is 0 Å². The van der Waals surface area contributed by atoms with Gasteiger partial charge < -0.3 is 10.1 Å². The molecule has 1 aromatic heterocycles. The van der Waals surface area contributed by atoms with E-state index >= 15 is 0 Å². The Balaban J connectivity index is 1.43. The van der Waals surface area contributed by atoms with Gasteiger partial charge in [-0.15, -0.1) is 0 Å². The van der Waals surface area contributed by atoms with Crippen molar-refractivity contribution in [3.63, 3.8) is 0 Å². The maximum absolute atomic E-state index is 12.5. The van der Waals surface area contributed by atoms with Crippen molar-refractivity contribution >= 4 is 28.8 Å². The molecule has 0 atom stereocenters. The number of imidazole rings is 1. The van der Waals surface area contributed by atoms with Gasteiger partial charge in [-0.1, -0.05) is 36.9 Å². The number of anilines is 1.